The standard InChI is InChI=1S/C12H21N5O/c1-10(2)8-13-11(18)12(6-4-3-5-7-12)17-9-14-15-16-17/h9-10H,3-8H2,1-2H3,(H,13,18). The van der Waals surface area contributed by atoms with Gasteiger partial charge in [-0.25, -0.2) is 4.68 Å². The first-order chi connectivity index (χ1) is 8.65. The van der Waals surface area contributed by atoms with Crippen LogP contribution in [0.1, 0.15) is 46.0 Å². The lowest BCUT2D eigenvalue weighted by atomic mass is 9.81. The summed E-state index contributed by atoms with van der Waals surface area (Å²) in [5.41, 5.74) is -0.573. The fraction of sp³-hybridized carbons (Fsp3) is 0.833. The van der Waals surface area contributed by atoms with Gasteiger partial charge in [-0.3, -0.25) is 4.79 Å². The van der Waals surface area contributed by atoms with Gasteiger partial charge in [-0.1, -0.05) is 33.1 Å². The maximum Gasteiger partial charge on any atom is 0.248 e. The second kappa shape index (κ2) is 5.46. The number of rotatable bonds is 4. The van der Waals surface area contributed by atoms with E-state index < -0.39 is 5.54 Å². The maximum absolute atomic E-state index is 12.5. The topological polar surface area (TPSA) is 72.7 Å². The van der Waals surface area contributed by atoms with Crippen LogP contribution in [-0.2, 0) is 10.3 Å². The van der Waals surface area contributed by atoms with E-state index in [1.165, 1.54) is 6.42 Å². The number of hydrogen-bond acceptors (Lipinski definition) is 4. The molecule has 2 rings (SSSR count). The number of amides is 1. The average molecular weight is 251 g/mol. The van der Waals surface area contributed by atoms with Gasteiger partial charge < -0.3 is 5.32 Å². The Balaban J connectivity index is 2.17. The second-order valence-electron chi connectivity index (χ2n) is 5.45. The van der Waals surface area contributed by atoms with Crippen molar-refractivity contribution >= 4 is 5.91 Å². The molecule has 1 N–H and O–H groups in total. The lowest BCUT2D eigenvalue weighted by molar-refractivity contribution is -0.132. The molecule has 1 fully saturated rings. The van der Waals surface area contributed by atoms with Crippen LogP contribution in [0, 0.1) is 5.92 Å². The summed E-state index contributed by atoms with van der Waals surface area (Å²) < 4.78 is 1.64. The zero-order chi connectivity index (χ0) is 13.0. The van der Waals surface area contributed by atoms with Crippen LogP contribution in [0.2, 0.25) is 0 Å². The summed E-state index contributed by atoms with van der Waals surface area (Å²) >= 11 is 0. The molecule has 1 aromatic rings. The summed E-state index contributed by atoms with van der Waals surface area (Å²) in [6.45, 7) is 4.87. The molecule has 0 saturated heterocycles. The Labute approximate surface area is 107 Å². The molecular formula is C12H21N5O. The normalized spacial score (nSPS) is 18.8. The van der Waals surface area contributed by atoms with Gasteiger partial charge in [0.05, 0.1) is 0 Å². The van der Waals surface area contributed by atoms with Crippen LogP contribution in [0.25, 0.3) is 0 Å². The van der Waals surface area contributed by atoms with Crippen LogP contribution in [0.4, 0.5) is 0 Å². The highest BCUT2D eigenvalue weighted by atomic mass is 16.2. The molecule has 6 heteroatoms. The smallest absolute Gasteiger partial charge is 0.248 e. The third-order valence-corrected chi connectivity index (χ3v) is 3.56. The van der Waals surface area contributed by atoms with Crippen molar-refractivity contribution in [3.63, 3.8) is 0 Å². The first-order valence-corrected chi connectivity index (χ1v) is 6.67. The molecule has 1 aromatic heterocycles. The number of hydrogen-bond donors (Lipinski definition) is 1. The van der Waals surface area contributed by atoms with E-state index in [-0.39, 0.29) is 5.91 Å². The van der Waals surface area contributed by atoms with E-state index >= 15 is 0 Å². The van der Waals surface area contributed by atoms with E-state index in [2.05, 4.69) is 34.7 Å². The van der Waals surface area contributed by atoms with Gasteiger partial charge in [0.15, 0.2) is 0 Å². The van der Waals surface area contributed by atoms with Crippen LogP contribution >= 0.6 is 0 Å². The number of carbonyl (C=O) groups is 1. The second-order valence-corrected chi connectivity index (χ2v) is 5.45. The van der Waals surface area contributed by atoms with Crippen LogP contribution in [-0.4, -0.2) is 32.7 Å². The van der Waals surface area contributed by atoms with Crippen molar-refractivity contribution in [1.29, 1.82) is 0 Å². The number of nitrogens with one attached hydrogen (secondary N) is 1. The summed E-state index contributed by atoms with van der Waals surface area (Å²) in [6.07, 6.45) is 6.48. The fourth-order valence-corrected chi connectivity index (χ4v) is 2.52. The van der Waals surface area contributed by atoms with Crippen LogP contribution in [0.15, 0.2) is 6.33 Å². The van der Waals surface area contributed by atoms with Gasteiger partial charge >= 0.3 is 0 Å². The van der Waals surface area contributed by atoms with Crippen molar-refractivity contribution < 1.29 is 4.79 Å². The largest absolute Gasteiger partial charge is 0.354 e. The van der Waals surface area contributed by atoms with Crippen LogP contribution in [0.3, 0.4) is 0 Å². The van der Waals surface area contributed by atoms with Crippen molar-refractivity contribution in [3.05, 3.63) is 6.33 Å². The van der Waals surface area contributed by atoms with E-state index in [0.717, 1.165) is 25.7 Å². The zero-order valence-corrected chi connectivity index (χ0v) is 11.1. The molecule has 1 aliphatic carbocycles. The van der Waals surface area contributed by atoms with E-state index in [1.54, 1.807) is 11.0 Å². The highest BCUT2D eigenvalue weighted by Gasteiger charge is 2.42. The first kappa shape index (κ1) is 13.0. The molecule has 0 aliphatic heterocycles. The molecule has 0 unspecified atom stereocenters. The fourth-order valence-electron chi connectivity index (χ4n) is 2.52. The number of nitrogens with zero attached hydrogens (tertiary/aromatic N) is 4. The average Bonchev–Trinajstić information content (AvgIpc) is 2.91. The molecule has 1 aliphatic rings. The molecule has 1 heterocycles. The molecule has 0 aromatic carbocycles. The number of carbonyl (C=O) groups excluding carboxylic acids is 1. The molecule has 1 saturated carbocycles. The minimum Gasteiger partial charge on any atom is -0.354 e. The van der Waals surface area contributed by atoms with Gasteiger partial charge in [0.2, 0.25) is 5.91 Å². The highest BCUT2D eigenvalue weighted by Crippen LogP contribution is 2.34. The van der Waals surface area contributed by atoms with Crippen LogP contribution in [0.5, 0.6) is 0 Å². The minimum atomic E-state index is -0.573. The summed E-state index contributed by atoms with van der Waals surface area (Å²) in [5, 5.41) is 14.3. The number of aromatic nitrogens is 4. The van der Waals surface area contributed by atoms with E-state index in [4.69, 9.17) is 0 Å². The predicted molar refractivity (Wildman–Crippen MR) is 66.7 cm³/mol. The first-order valence-electron chi connectivity index (χ1n) is 6.67. The maximum atomic E-state index is 12.5. The minimum absolute atomic E-state index is 0.0585. The monoisotopic (exact) mass is 251 g/mol. The van der Waals surface area contributed by atoms with E-state index in [0.29, 0.717) is 12.5 Å². The Bertz CT molecular complexity index is 381. The summed E-state index contributed by atoms with van der Waals surface area (Å²) in [6, 6.07) is 0. The molecule has 1 amide bonds. The lowest BCUT2D eigenvalue weighted by Gasteiger charge is -2.35. The molecular weight excluding hydrogens is 230 g/mol. The Morgan fingerprint density at radius 1 is 1.39 bits per heavy atom. The van der Waals surface area contributed by atoms with E-state index in [1.807, 2.05) is 0 Å². The molecule has 6 nitrogen and oxygen atoms in total. The number of tetrazole rings is 1. The molecule has 18 heavy (non-hydrogen) atoms. The van der Waals surface area contributed by atoms with Gasteiger partial charge in [-0.15, -0.1) is 5.10 Å². The lowest BCUT2D eigenvalue weighted by Crippen LogP contribution is -2.51. The Hall–Kier alpha value is -1.46. The van der Waals surface area contributed by atoms with Crippen LogP contribution < -0.4 is 5.32 Å². The van der Waals surface area contributed by atoms with Crippen molar-refractivity contribution in [3.8, 4) is 0 Å². The van der Waals surface area contributed by atoms with Crippen molar-refractivity contribution in [2.24, 2.45) is 5.92 Å². The van der Waals surface area contributed by atoms with Crippen molar-refractivity contribution in [1.82, 2.24) is 25.5 Å². The third-order valence-electron chi connectivity index (χ3n) is 3.56. The summed E-state index contributed by atoms with van der Waals surface area (Å²) in [7, 11) is 0. The summed E-state index contributed by atoms with van der Waals surface area (Å²) in [5.74, 6) is 0.506. The van der Waals surface area contributed by atoms with Gasteiger partial charge in [0.1, 0.15) is 11.9 Å². The Morgan fingerprint density at radius 3 is 2.67 bits per heavy atom. The molecule has 0 spiro atoms. The van der Waals surface area contributed by atoms with Gasteiger partial charge in [-0.05, 0) is 29.2 Å². The van der Waals surface area contributed by atoms with E-state index in [9.17, 15) is 4.79 Å². The molecule has 0 radical (unpaired) electrons. The zero-order valence-electron chi connectivity index (χ0n) is 11.1. The third kappa shape index (κ3) is 2.52. The van der Waals surface area contributed by atoms with Gasteiger partial charge in [0, 0.05) is 6.54 Å². The molecule has 100 valence electrons. The predicted octanol–water partition coefficient (Wildman–Crippen LogP) is 1.10. The van der Waals surface area contributed by atoms with Gasteiger partial charge in [0.25, 0.3) is 0 Å². The Kier molecular flexibility index (Phi) is 3.93. The molecule has 0 bridgehead atoms. The highest BCUT2D eigenvalue weighted by molar-refractivity contribution is 5.84. The van der Waals surface area contributed by atoms with Crippen molar-refractivity contribution in [2.75, 3.05) is 6.54 Å². The SMILES string of the molecule is CC(C)CNC(=O)C1(n2cnnn2)CCCCC1. The Morgan fingerprint density at radius 2 is 2.11 bits per heavy atom. The molecule has 0 atom stereocenters. The summed E-state index contributed by atoms with van der Waals surface area (Å²) in [4.78, 5) is 12.5. The quantitative estimate of drug-likeness (QED) is 0.870. The van der Waals surface area contributed by atoms with Gasteiger partial charge in [-0.2, -0.15) is 0 Å². The van der Waals surface area contributed by atoms with Crippen molar-refractivity contribution in [2.45, 2.75) is 51.5 Å².